The molecule has 0 aliphatic carbocycles. The Labute approximate surface area is 155 Å². The Morgan fingerprint density at radius 2 is 2.04 bits per heavy atom. The van der Waals surface area contributed by atoms with Crippen LogP contribution in [0.2, 0.25) is 0 Å². The fourth-order valence-electron chi connectivity index (χ4n) is 4.12. The van der Waals surface area contributed by atoms with Crippen molar-refractivity contribution in [1.29, 1.82) is 0 Å². The van der Waals surface area contributed by atoms with Crippen LogP contribution < -0.4 is 5.73 Å². The molecule has 2 heterocycles. The molecular formula is C20H29N5O. The van der Waals surface area contributed by atoms with Gasteiger partial charge in [0.2, 0.25) is 5.91 Å². The molecule has 0 spiro atoms. The number of primary amides is 1. The van der Waals surface area contributed by atoms with E-state index >= 15 is 0 Å². The lowest BCUT2D eigenvalue weighted by Crippen LogP contribution is -2.40. The Balaban J connectivity index is 1.66. The summed E-state index contributed by atoms with van der Waals surface area (Å²) in [6, 6.07) is 8.00. The molecular weight excluding hydrogens is 326 g/mol. The highest BCUT2D eigenvalue weighted by Crippen LogP contribution is 2.35. The van der Waals surface area contributed by atoms with Gasteiger partial charge in [-0.05, 0) is 57.1 Å². The molecule has 1 aliphatic heterocycles. The standard InChI is InChI=1S/C20H29N5O/c1-23(12-15-6-8-16(9-7-15)20(21)26)13-17-5-4-10-24(2)19(17)18-11-22-25(3)14-18/h6-9,11,14,17,19H,4-5,10,12-13H2,1-3H3,(H2,21,26)/t17-,19+/m0/s1. The summed E-state index contributed by atoms with van der Waals surface area (Å²) in [7, 11) is 6.35. The topological polar surface area (TPSA) is 67.4 Å². The zero-order chi connectivity index (χ0) is 18.7. The molecule has 0 saturated carbocycles. The Kier molecular flexibility index (Phi) is 5.74. The van der Waals surface area contributed by atoms with E-state index in [1.165, 1.54) is 24.0 Å². The van der Waals surface area contributed by atoms with Crippen molar-refractivity contribution in [1.82, 2.24) is 19.6 Å². The lowest BCUT2D eigenvalue weighted by molar-refractivity contribution is 0.0926. The molecule has 26 heavy (non-hydrogen) atoms. The van der Waals surface area contributed by atoms with Crippen LogP contribution in [0.1, 0.15) is 40.4 Å². The van der Waals surface area contributed by atoms with E-state index in [0.717, 1.165) is 19.6 Å². The van der Waals surface area contributed by atoms with Crippen LogP contribution in [-0.4, -0.2) is 52.7 Å². The van der Waals surface area contributed by atoms with E-state index in [-0.39, 0.29) is 5.91 Å². The molecule has 2 atom stereocenters. The van der Waals surface area contributed by atoms with Crippen molar-refractivity contribution in [2.24, 2.45) is 18.7 Å². The second kappa shape index (κ2) is 8.01. The van der Waals surface area contributed by atoms with Gasteiger partial charge in [-0.2, -0.15) is 5.10 Å². The van der Waals surface area contributed by atoms with Gasteiger partial charge in [0, 0.05) is 43.5 Å². The van der Waals surface area contributed by atoms with E-state index in [4.69, 9.17) is 5.73 Å². The first-order chi connectivity index (χ1) is 12.4. The third kappa shape index (κ3) is 4.31. The van der Waals surface area contributed by atoms with Crippen LogP contribution in [-0.2, 0) is 13.6 Å². The lowest BCUT2D eigenvalue weighted by atomic mass is 9.85. The summed E-state index contributed by atoms with van der Waals surface area (Å²) in [4.78, 5) is 16.0. The molecule has 1 aliphatic rings. The first kappa shape index (κ1) is 18.6. The zero-order valence-corrected chi connectivity index (χ0v) is 15.9. The van der Waals surface area contributed by atoms with Gasteiger partial charge in [-0.25, -0.2) is 0 Å². The molecule has 1 saturated heterocycles. The highest BCUT2D eigenvalue weighted by Gasteiger charge is 2.32. The molecule has 1 amide bonds. The number of amides is 1. The smallest absolute Gasteiger partial charge is 0.248 e. The molecule has 1 fully saturated rings. The van der Waals surface area contributed by atoms with Gasteiger partial charge in [0.15, 0.2) is 0 Å². The summed E-state index contributed by atoms with van der Waals surface area (Å²) >= 11 is 0. The summed E-state index contributed by atoms with van der Waals surface area (Å²) in [5.74, 6) is 0.197. The van der Waals surface area contributed by atoms with Crippen LogP contribution in [0.5, 0.6) is 0 Å². The van der Waals surface area contributed by atoms with Crippen LogP contribution >= 0.6 is 0 Å². The van der Waals surface area contributed by atoms with E-state index in [1.807, 2.05) is 30.1 Å². The van der Waals surface area contributed by atoms with Gasteiger partial charge in [0.05, 0.1) is 6.20 Å². The Bertz CT molecular complexity index is 739. The lowest BCUT2D eigenvalue weighted by Gasteiger charge is -2.40. The van der Waals surface area contributed by atoms with Crippen molar-refractivity contribution in [3.05, 3.63) is 53.3 Å². The highest BCUT2D eigenvalue weighted by molar-refractivity contribution is 5.92. The fourth-order valence-corrected chi connectivity index (χ4v) is 4.12. The number of benzene rings is 1. The molecule has 0 radical (unpaired) electrons. The van der Waals surface area contributed by atoms with Crippen LogP contribution in [0.4, 0.5) is 0 Å². The highest BCUT2D eigenvalue weighted by atomic mass is 16.1. The minimum Gasteiger partial charge on any atom is -0.366 e. The number of piperidine rings is 1. The summed E-state index contributed by atoms with van der Waals surface area (Å²) < 4.78 is 1.89. The normalized spacial score (nSPS) is 21.2. The van der Waals surface area contributed by atoms with Crippen molar-refractivity contribution < 1.29 is 4.79 Å². The maximum absolute atomic E-state index is 11.2. The van der Waals surface area contributed by atoms with Gasteiger partial charge in [0.25, 0.3) is 0 Å². The monoisotopic (exact) mass is 355 g/mol. The minimum absolute atomic E-state index is 0.380. The molecule has 6 nitrogen and oxygen atoms in total. The number of hydrogen-bond acceptors (Lipinski definition) is 4. The molecule has 0 unspecified atom stereocenters. The van der Waals surface area contributed by atoms with Gasteiger partial charge in [0.1, 0.15) is 0 Å². The molecule has 0 bridgehead atoms. The fraction of sp³-hybridized carbons (Fsp3) is 0.500. The average molecular weight is 355 g/mol. The number of hydrogen-bond donors (Lipinski definition) is 1. The van der Waals surface area contributed by atoms with Crippen molar-refractivity contribution in [3.8, 4) is 0 Å². The van der Waals surface area contributed by atoms with E-state index < -0.39 is 0 Å². The Morgan fingerprint density at radius 3 is 2.65 bits per heavy atom. The van der Waals surface area contributed by atoms with Crippen molar-refractivity contribution in [2.45, 2.75) is 25.4 Å². The Hall–Kier alpha value is -2.18. The van der Waals surface area contributed by atoms with Gasteiger partial charge in [-0.1, -0.05) is 12.1 Å². The second-order valence-electron chi connectivity index (χ2n) is 7.53. The van der Waals surface area contributed by atoms with E-state index in [1.54, 1.807) is 12.1 Å². The van der Waals surface area contributed by atoms with Gasteiger partial charge < -0.3 is 10.6 Å². The van der Waals surface area contributed by atoms with Crippen LogP contribution in [0.15, 0.2) is 36.7 Å². The zero-order valence-electron chi connectivity index (χ0n) is 15.9. The number of nitrogens with zero attached hydrogens (tertiary/aromatic N) is 4. The number of nitrogens with two attached hydrogens (primary N) is 1. The number of aromatic nitrogens is 2. The van der Waals surface area contributed by atoms with Gasteiger partial charge in [-0.15, -0.1) is 0 Å². The third-order valence-electron chi connectivity index (χ3n) is 5.31. The quantitative estimate of drug-likeness (QED) is 0.861. The van der Waals surface area contributed by atoms with Crippen LogP contribution in [0.25, 0.3) is 0 Å². The summed E-state index contributed by atoms with van der Waals surface area (Å²) in [6.07, 6.45) is 6.61. The van der Waals surface area contributed by atoms with E-state index in [2.05, 4.69) is 35.2 Å². The molecule has 6 heteroatoms. The van der Waals surface area contributed by atoms with E-state index in [0.29, 0.717) is 17.5 Å². The van der Waals surface area contributed by atoms with Crippen molar-refractivity contribution >= 4 is 5.91 Å². The largest absolute Gasteiger partial charge is 0.366 e. The average Bonchev–Trinajstić information content (AvgIpc) is 3.01. The summed E-state index contributed by atoms with van der Waals surface area (Å²) in [5, 5.41) is 4.37. The van der Waals surface area contributed by atoms with E-state index in [9.17, 15) is 4.79 Å². The molecule has 3 rings (SSSR count). The maximum Gasteiger partial charge on any atom is 0.248 e. The summed E-state index contributed by atoms with van der Waals surface area (Å²) in [5.41, 5.74) is 8.37. The maximum atomic E-state index is 11.2. The summed E-state index contributed by atoms with van der Waals surface area (Å²) in [6.45, 7) is 3.02. The third-order valence-corrected chi connectivity index (χ3v) is 5.31. The van der Waals surface area contributed by atoms with Crippen molar-refractivity contribution in [2.75, 3.05) is 27.2 Å². The molecule has 1 aromatic heterocycles. The molecule has 2 N–H and O–H groups in total. The second-order valence-corrected chi connectivity index (χ2v) is 7.53. The van der Waals surface area contributed by atoms with Crippen LogP contribution in [0, 0.1) is 5.92 Å². The molecule has 2 aromatic rings. The van der Waals surface area contributed by atoms with Gasteiger partial charge >= 0.3 is 0 Å². The molecule has 140 valence electrons. The number of carbonyl (C=O) groups excluding carboxylic acids is 1. The predicted octanol–water partition coefficient (Wildman–Crippen LogP) is 2.03. The number of rotatable bonds is 6. The number of aryl methyl sites for hydroxylation is 1. The minimum atomic E-state index is -0.380. The SMILES string of the molecule is CN(Cc1ccc(C(N)=O)cc1)C[C@@H]1CCCN(C)[C@H]1c1cnn(C)c1. The van der Waals surface area contributed by atoms with Crippen molar-refractivity contribution in [3.63, 3.8) is 0 Å². The van der Waals surface area contributed by atoms with Crippen LogP contribution in [0.3, 0.4) is 0 Å². The molecule has 1 aromatic carbocycles. The predicted molar refractivity (Wildman–Crippen MR) is 103 cm³/mol. The number of likely N-dealkylation sites (tertiary alicyclic amines) is 1. The first-order valence-electron chi connectivity index (χ1n) is 9.20. The number of carbonyl (C=O) groups is 1. The van der Waals surface area contributed by atoms with Gasteiger partial charge in [-0.3, -0.25) is 14.4 Å². The Morgan fingerprint density at radius 1 is 1.31 bits per heavy atom. The first-order valence-corrected chi connectivity index (χ1v) is 9.20.